The van der Waals surface area contributed by atoms with E-state index in [0.717, 1.165) is 11.1 Å². The van der Waals surface area contributed by atoms with Crippen molar-refractivity contribution in [2.45, 2.75) is 44.7 Å². The normalized spacial score (nSPS) is 13.3. The number of carbonyl (C=O) groups excluding carboxylic acids is 1. The van der Waals surface area contributed by atoms with E-state index in [1.165, 1.54) is 0 Å². The van der Waals surface area contributed by atoms with Gasteiger partial charge in [-0.3, -0.25) is 4.79 Å². The van der Waals surface area contributed by atoms with Gasteiger partial charge in [0.15, 0.2) is 0 Å². The number of nitrogens with two attached hydrogens (primary N) is 1. The summed E-state index contributed by atoms with van der Waals surface area (Å²) >= 11 is -0.163. The predicted octanol–water partition coefficient (Wildman–Crippen LogP) is 4.03. The quantitative estimate of drug-likeness (QED) is 0.826. The van der Waals surface area contributed by atoms with E-state index in [9.17, 15) is 18.0 Å². The minimum atomic E-state index is -4.29. The third kappa shape index (κ3) is 5.88. The van der Waals surface area contributed by atoms with Gasteiger partial charge in [0.2, 0.25) is 5.91 Å². The molecule has 22 heavy (non-hydrogen) atoms. The van der Waals surface area contributed by atoms with Crippen LogP contribution in [0.3, 0.4) is 0 Å². The lowest BCUT2D eigenvalue weighted by molar-refractivity contribution is -0.117. The fourth-order valence-electron chi connectivity index (χ4n) is 1.99. The monoisotopic (exact) mass is 334 g/mol. The predicted molar refractivity (Wildman–Crippen MR) is 85.0 cm³/mol. The first kappa shape index (κ1) is 18.8. The van der Waals surface area contributed by atoms with Crippen molar-refractivity contribution in [1.29, 1.82) is 0 Å². The number of aryl methyl sites for hydroxylation is 1. The molecule has 3 nitrogen and oxygen atoms in total. The Morgan fingerprint density at radius 2 is 2.00 bits per heavy atom. The second kappa shape index (κ2) is 7.87. The maximum absolute atomic E-state index is 12.1. The highest BCUT2D eigenvalue weighted by molar-refractivity contribution is 8.00. The maximum atomic E-state index is 12.1. The molecule has 0 aliphatic carbocycles. The Labute approximate surface area is 132 Å². The molecule has 1 aromatic rings. The highest BCUT2D eigenvalue weighted by Gasteiger charge is 2.28. The molecule has 1 rings (SSSR count). The average Bonchev–Trinajstić information content (AvgIpc) is 2.38. The second-order valence-electron chi connectivity index (χ2n) is 5.37. The molecule has 0 saturated carbocycles. The van der Waals surface area contributed by atoms with Crippen molar-refractivity contribution >= 4 is 23.4 Å². The molecule has 0 aliphatic rings. The number of benzene rings is 1. The molecule has 1 atom stereocenters. The Balaban J connectivity index is 2.69. The molecule has 0 unspecified atom stereocenters. The summed E-state index contributed by atoms with van der Waals surface area (Å²) in [6, 6.07) is 4.72. The largest absolute Gasteiger partial charge is 0.441 e. The Bertz CT molecular complexity index is 518. The summed E-state index contributed by atoms with van der Waals surface area (Å²) in [7, 11) is 0. The highest BCUT2D eigenvalue weighted by atomic mass is 32.2. The van der Waals surface area contributed by atoms with E-state index in [-0.39, 0.29) is 29.9 Å². The summed E-state index contributed by atoms with van der Waals surface area (Å²) in [4.78, 5) is 12.1. The third-order valence-electron chi connectivity index (χ3n) is 3.21. The number of alkyl halides is 3. The number of anilines is 1. The number of halogens is 3. The summed E-state index contributed by atoms with van der Waals surface area (Å²) in [6.07, 6.45) is -0.0289. The molecule has 0 aliphatic heterocycles. The molecule has 0 fully saturated rings. The summed E-state index contributed by atoms with van der Waals surface area (Å²) in [6.45, 7) is 5.88. The summed E-state index contributed by atoms with van der Waals surface area (Å²) in [5, 5.41) is 2.75. The number of hydrogen-bond acceptors (Lipinski definition) is 3. The number of hydrogen-bond donors (Lipinski definition) is 2. The van der Waals surface area contributed by atoms with Gasteiger partial charge < -0.3 is 11.1 Å². The zero-order valence-corrected chi connectivity index (χ0v) is 13.6. The van der Waals surface area contributed by atoms with E-state index < -0.39 is 17.5 Å². The molecule has 0 spiro atoms. The smallest absolute Gasteiger partial charge is 0.324 e. The van der Waals surface area contributed by atoms with Gasteiger partial charge >= 0.3 is 5.51 Å². The van der Waals surface area contributed by atoms with Crippen molar-refractivity contribution in [2.75, 3.05) is 11.1 Å². The first-order valence-electron chi connectivity index (χ1n) is 6.98. The molecule has 0 bridgehead atoms. The van der Waals surface area contributed by atoms with Crippen LogP contribution in [0.2, 0.25) is 0 Å². The van der Waals surface area contributed by atoms with Gasteiger partial charge in [0.25, 0.3) is 0 Å². The lowest BCUT2D eigenvalue weighted by Crippen LogP contribution is -2.36. The van der Waals surface area contributed by atoms with E-state index in [4.69, 9.17) is 5.73 Å². The van der Waals surface area contributed by atoms with Crippen molar-refractivity contribution in [3.8, 4) is 0 Å². The molecule has 1 aromatic carbocycles. The number of para-hydroxylation sites is 1. The Kier molecular flexibility index (Phi) is 6.74. The highest BCUT2D eigenvalue weighted by Crippen LogP contribution is 2.31. The lowest BCUT2D eigenvalue weighted by atomic mass is 9.98. The van der Waals surface area contributed by atoms with Crippen LogP contribution in [0.1, 0.15) is 37.3 Å². The fourth-order valence-corrected chi connectivity index (χ4v) is 2.59. The lowest BCUT2D eigenvalue weighted by Gasteiger charge is -2.18. The Morgan fingerprint density at radius 3 is 2.55 bits per heavy atom. The minimum Gasteiger partial charge on any atom is -0.324 e. The Hall–Kier alpha value is -1.21. The molecule has 0 aromatic heterocycles. The van der Waals surface area contributed by atoms with Gasteiger partial charge in [-0.05, 0) is 30.4 Å². The van der Waals surface area contributed by atoms with E-state index in [1.54, 1.807) is 0 Å². The van der Waals surface area contributed by atoms with Crippen LogP contribution in [0.4, 0.5) is 18.9 Å². The van der Waals surface area contributed by atoms with Gasteiger partial charge in [0, 0.05) is 11.4 Å². The van der Waals surface area contributed by atoms with Gasteiger partial charge in [0.05, 0.1) is 6.04 Å². The van der Waals surface area contributed by atoms with Crippen LogP contribution in [-0.4, -0.2) is 23.2 Å². The van der Waals surface area contributed by atoms with Crippen LogP contribution in [0.25, 0.3) is 0 Å². The fraction of sp³-hybridized carbons (Fsp3) is 0.533. The van der Waals surface area contributed by atoms with Gasteiger partial charge in [0.1, 0.15) is 0 Å². The molecular weight excluding hydrogens is 313 g/mol. The van der Waals surface area contributed by atoms with Crippen LogP contribution in [0.5, 0.6) is 0 Å². The van der Waals surface area contributed by atoms with Gasteiger partial charge in [-0.2, -0.15) is 13.2 Å². The average molecular weight is 334 g/mol. The number of rotatable bonds is 6. The summed E-state index contributed by atoms with van der Waals surface area (Å²) < 4.78 is 36.2. The van der Waals surface area contributed by atoms with Crippen LogP contribution >= 0.6 is 11.8 Å². The maximum Gasteiger partial charge on any atom is 0.441 e. The standard InChI is InChI=1S/C15H21F3N2OS/c1-9(2)11-6-4-5-10(3)13(11)20-14(21)12(19)7-8-22-15(16,17)18/h4-6,9,12H,7-8,19H2,1-3H3,(H,20,21)/t12-/m0/s1. The van der Waals surface area contributed by atoms with Gasteiger partial charge in [-0.1, -0.05) is 43.8 Å². The zero-order chi connectivity index (χ0) is 16.9. The van der Waals surface area contributed by atoms with Crippen molar-refractivity contribution in [2.24, 2.45) is 5.73 Å². The first-order valence-corrected chi connectivity index (χ1v) is 7.97. The summed E-state index contributed by atoms with van der Waals surface area (Å²) in [5.74, 6) is -0.478. The van der Waals surface area contributed by atoms with E-state index in [1.807, 2.05) is 39.0 Å². The molecular formula is C15H21F3N2OS. The summed E-state index contributed by atoms with van der Waals surface area (Å²) in [5.41, 5.74) is 3.96. The molecule has 0 radical (unpaired) electrons. The second-order valence-corrected chi connectivity index (χ2v) is 6.53. The molecule has 0 heterocycles. The number of carbonyl (C=O) groups is 1. The molecule has 1 amide bonds. The van der Waals surface area contributed by atoms with Gasteiger partial charge in [-0.25, -0.2) is 0 Å². The number of nitrogens with one attached hydrogen (secondary N) is 1. The molecule has 0 saturated heterocycles. The zero-order valence-electron chi connectivity index (χ0n) is 12.8. The minimum absolute atomic E-state index is 0.0289. The van der Waals surface area contributed by atoms with Crippen LogP contribution in [-0.2, 0) is 4.79 Å². The molecule has 124 valence electrons. The van der Waals surface area contributed by atoms with E-state index in [0.29, 0.717) is 5.69 Å². The van der Waals surface area contributed by atoms with Crippen molar-refractivity contribution in [3.05, 3.63) is 29.3 Å². The third-order valence-corrected chi connectivity index (χ3v) is 3.97. The number of thioether (sulfide) groups is 1. The Morgan fingerprint density at radius 1 is 1.36 bits per heavy atom. The van der Waals surface area contributed by atoms with E-state index in [2.05, 4.69) is 5.32 Å². The van der Waals surface area contributed by atoms with Crippen molar-refractivity contribution < 1.29 is 18.0 Å². The SMILES string of the molecule is Cc1cccc(C(C)C)c1NC(=O)[C@@H](N)CCSC(F)(F)F. The van der Waals surface area contributed by atoms with Crippen LogP contribution < -0.4 is 11.1 Å². The molecule has 3 N–H and O–H groups in total. The van der Waals surface area contributed by atoms with E-state index >= 15 is 0 Å². The van der Waals surface area contributed by atoms with Crippen LogP contribution in [0, 0.1) is 6.92 Å². The van der Waals surface area contributed by atoms with Crippen LogP contribution in [0.15, 0.2) is 18.2 Å². The first-order chi connectivity index (χ1) is 10.1. The number of amides is 1. The van der Waals surface area contributed by atoms with Crippen molar-refractivity contribution in [3.63, 3.8) is 0 Å². The molecule has 7 heteroatoms. The van der Waals surface area contributed by atoms with Gasteiger partial charge in [-0.15, -0.1) is 0 Å². The van der Waals surface area contributed by atoms with Crippen molar-refractivity contribution in [1.82, 2.24) is 0 Å². The topological polar surface area (TPSA) is 55.1 Å².